The number of nitrogens with one attached hydrogen (secondary N) is 3. The Morgan fingerprint density at radius 3 is 2.74 bits per heavy atom. The molecule has 2 aliphatic rings. The number of aromatic nitrogens is 3. The molecule has 1 unspecified atom stereocenters. The van der Waals surface area contributed by atoms with Gasteiger partial charge in [0.05, 0.1) is 19.3 Å². The summed E-state index contributed by atoms with van der Waals surface area (Å²) in [5, 5.41) is 7.55. The van der Waals surface area contributed by atoms with Crippen molar-refractivity contribution in [2.45, 2.75) is 25.4 Å². The van der Waals surface area contributed by atoms with Crippen molar-refractivity contribution in [3.63, 3.8) is 0 Å². The molecule has 1 atom stereocenters. The quantitative estimate of drug-likeness (QED) is 0.300. The second-order valence-electron chi connectivity index (χ2n) is 9.16. The molecule has 12 heteroatoms. The van der Waals surface area contributed by atoms with Crippen LogP contribution in [0.5, 0.6) is 5.75 Å². The second-order valence-corrected chi connectivity index (χ2v) is 9.16. The molecule has 3 aromatic rings. The van der Waals surface area contributed by atoms with Crippen LogP contribution < -0.4 is 20.7 Å². The molecular formula is C27H25N7O5. The van der Waals surface area contributed by atoms with Crippen molar-refractivity contribution in [1.82, 2.24) is 35.4 Å². The number of imide groups is 1. The van der Waals surface area contributed by atoms with Gasteiger partial charge in [0.2, 0.25) is 11.4 Å². The highest BCUT2D eigenvalue weighted by Gasteiger charge is 2.48. The number of benzene rings is 1. The highest BCUT2D eigenvalue weighted by Crippen LogP contribution is 2.28. The van der Waals surface area contributed by atoms with Crippen LogP contribution >= 0.6 is 0 Å². The first-order valence-corrected chi connectivity index (χ1v) is 12.1. The smallest absolute Gasteiger partial charge is 0.323 e. The number of carbonyl (C=O) groups is 4. The number of fused-ring (bicyclic) bond motifs is 1. The molecule has 1 fully saturated rings. The van der Waals surface area contributed by atoms with E-state index in [1.165, 1.54) is 18.9 Å². The van der Waals surface area contributed by atoms with Gasteiger partial charge in [-0.05, 0) is 29.8 Å². The highest BCUT2D eigenvalue weighted by molar-refractivity contribution is 6.10. The number of rotatable bonds is 7. The maximum Gasteiger partial charge on any atom is 0.323 e. The summed E-state index contributed by atoms with van der Waals surface area (Å²) in [5.74, 6) is 5.96. The van der Waals surface area contributed by atoms with E-state index in [4.69, 9.17) is 4.74 Å². The minimum absolute atomic E-state index is 0.0954. The fraction of sp³-hybridized carbons (Fsp3) is 0.259. The zero-order chi connectivity index (χ0) is 27.6. The summed E-state index contributed by atoms with van der Waals surface area (Å²) in [5.41, 5.74) is 0.978. The van der Waals surface area contributed by atoms with Gasteiger partial charge < -0.3 is 20.3 Å². The SMILES string of the molecule is COc1ccc2c(c1)C(=O)N(CC1(C#Cc3ccc(-n4cnc(CCNC(C)=O)c4)nc3)NC(=O)NC1=O)C2. The lowest BCUT2D eigenvalue weighted by molar-refractivity contribution is -0.122. The Balaban J connectivity index is 1.32. The van der Waals surface area contributed by atoms with Gasteiger partial charge in [-0.25, -0.2) is 14.8 Å². The van der Waals surface area contributed by atoms with Gasteiger partial charge >= 0.3 is 6.03 Å². The van der Waals surface area contributed by atoms with Crippen molar-refractivity contribution in [1.29, 1.82) is 0 Å². The van der Waals surface area contributed by atoms with Crippen LogP contribution in [0.1, 0.15) is 34.1 Å². The number of carbonyl (C=O) groups excluding carboxylic acids is 4. The lowest BCUT2D eigenvalue weighted by Crippen LogP contribution is -2.54. The largest absolute Gasteiger partial charge is 0.497 e. The van der Waals surface area contributed by atoms with Crippen LogP contribution in [0.4, 0.5) is 4.79 Å². The minimum atomic E-state index is -1.62. The molecule has 1 aromatic carbocycles. The Morgan fingerprint density at radius 2 is 2.05 bits per heavy atom. The Bertz CT molecular complexity index is 1540. The summed E-state index contributed by atoms with van der Waals surface area (Å²) in [7, 11) is 1.52. The van der Waals surface area contributed by atoms with Gasteiger partial charge in [0, 0.05) is 50.0 Å². The van der Waals surface area contributed by atoms with Crippen LogP contribution in [0, 0.1) is 11.8 Å². The number of imidazole rings is 1. The molecule has 198 valence electrons. The monoisotopic (exact) mass is 527 g/mol. The van der Waals surface area contributed by atoms with Crippen molar-refractivity contribution >= 4 is 23.8 Å². The first-order valence-electron chi connectivity index (χ1n) is 12.1. The van der Waals surface area contributed by atoms with Crippen LogP contribution in [0.2, 0.25) is 0 Å². The molecule has 0 spiro atoms. The van der Waals surface area contributed by atoms with E-state index in [1.807, 2.05) is 6.20 Å². The standard InChI is InChI=1S/C27H25N7O5/c1-17(35)28-10-8-20-14-34(16-30-20)23-6-3-18(12-29-23)7-9-27(25(37)31-26(38)32-27)15-33-13-19-4-5-21(39-2)11-22(19)24(33)36/h3-6,11-12,14,16H,8,10,13,15H2,1-2H3,(H,28,35)(H2,31,32,37,38). The number of hydrogen-bond acceptors (Lipinski definition) is 7. The molecule has 2 aliphatic heterocycles. The van der Waals surface area contributed by atoms with Gasteiger partial charge in [-0.15, -0.1) is 0 Å². The lowest BCUT2D eigenvalue weighted by Gasteiger charge is -2.26. The average molecular weight is 528 g/mol. The van der Waals surface area contributed by atoms with Crippen LogP contribution in [0.25, 0.3) is 5.82 Å². The zero-order valence-electron chi connectivity index (χ0n) is 21.3. The van der Waals surface area contributed by atoms with Gasteiger partial charge in [0.25, 0.3) is 11.8 Å². The third-order valence-corrected chi connectivity index (χ3v) is 6.39. The summed E-state index contributed by atoms with van der Waals surface area (Å²) >= 11 is 0. The predicted octanol–water partition coefficient (Wildman–Crippen LogP) is 0.540. The van der Waals surface area contributed by atoms with Gasteiger partial charge in [0.1, 0.15) is 17.9 Å². The summed E-state index contributed by atoms with van der Waals surface area (Å²) in [6, 6.07) is 8.03. The summed E-state index contributed by atoms with van der Waals surface area (Å²) in [6.07, 6.45) is 5.59. The van der Waals surface area contributed by atoms with Crippen molar-refractivity contribution in [3.05, 3.63) is 71.4 Å². The molecule has 39 heavy (non-hydrogen) atoms. The zero-order valence-corrected chi connectivity index (χ0v) is 21.3. The van der Waals surface area contributed by atoms with Crippen molar-refractivity contribution < 1.29 is 23.9 Å². The number of pyridine rings is 1. The summed E-state index contributed by atoms with van der Waals surface area (Å²) in [4.78, 5) is 59.2. The highest BCUT2D eigenvalue weighted by atomic mass is 16.5. The molecule has 3 N–H and O–H groups in total. The van der Waals surface area contributed by atoms with E-state index in [0.29, 0.717) is 35.7 Å². The number of nitrogens with zero attached hydrogens (tertiary/aromatic N) is 4. The minimum Gasteiger partial charge on any atom is -0.497 e. The van der Waals surface area contributed by atoms with Crippen LogP contribution in [0.15, 0.2) is 49.1 Å². The Morgan fingerprint density at radius 1 is 1.21 bits per heavy atom. The molecule has 0 saturated carbocycles. The fourth-order valence-electron chi connectivity index (χ4n) is 4.39. The summed E-state index contributed by atoms with van der Waals surface area (Å²) < 4.78 is 6.97. The van der Waals surface area contributed by atoms with E-state index < -0.39 is 17.5 Å². The molecule has 12 nitrogen and oxygen atoms in total. The van der Waals surface area contributed by atoms with Gasteiger partial charge in [-0.2, -0.15) is 0 Å². The third kappa shape index (κ3) is 5.28. The molecule has 5 rings (SSSR count). The Hall–Kier alpha value is -5.18. The third-order valence-electron chi connectivity index (χ3n) is 6.39. The maximum absolute atomic E-state index is 13.1. The van der Waals surface area contributed by atoms with E-state index >= 15 is 0 Å². The molecule has 0 radical (unpaired) electrons. The Labute approximate surface area is 223 Å². The number of methoxy groups -OCH3 is 1. The average Bonchev–Trinajstić information content (AvgIpc) is 3.59. The van der Waals surface area contributed by atoms with E-state index in [9.17, 15) is 19.2 Å². The number of ether oxygens (including phenoxy) is 1. The maximum atomic E-state index is 13.1. The van der Waals surface area contributed by atoms with Crippen molar-refractivity contribution in [2.24, 2.45) is 0 Å². The van der Waals surface area contributed by atoms with E-state index in [1.54, 1.807) is 47.4 Å². The molecule has 5 amide bonds. The number of hydrogen-bond donors (Lipinski definition) is 3. The molecule has 0 bridgehead atoms. The van der Waals surface area contributed by atoms with Crippen LogP contribution in [0.3, 0.4) is 0 Å². The number of amides is 5. The van der Waals surface area contributed by atoms with Gasteiger partial charge in [0.15, 0.2) is 0 Å². The molecular weight excluding hydrogens is 502 g/mol. The topological polar surface area (TPSA) is 148 Å². The normalized spacial score (nSPS) is 17.7. The van der Waals surface area contributed by atoms with Gasteiger partial charge in [-0.3, -0.25) is 24.3 Å². The first-order chi connectivity index (χ1) is 18.8. The Kier molecular flexibility index (Phi) is 6.72. The predicted molar refractivity (Wildman–Crippen MR) is 138 cm³/mol. The van der Waals surface area contributed by atoms with E-state index in [-0.39, 0.29) is 24.9 Å². The number of urea groups is 1. The van der Waals surface area contributed by atoms with E-state index in [2.05, 4.69) is 37.8 Å². The fourth-order valence-corrected chi connectivity index (χ4v) is 4.39. The molecule has 2 aromatic heterocycles. The molecule has 4 heterocycles. The van der Waals surface area contributed by atoms with Gasteiger partial charge in [-0.1, -0.05) is 17.9 Å². The van der Waals surface area contributed by atoms with Crippen LogP contribution in [-0.4, -0.2) is 68.9 Å². The summed E-state index contributed by atoms with van der Waals surface area (Å²) in [6.45, 7) is 2.10. The van der Waals surface area contributed by atoms with Crippen molar-refractivity contribution in [2.75, 3.05) is 20.2 Å². The second kappa shape index (κ2) is 10.3. The molecule has 1 saturated heterocycles. The first kappa shape index (κ1) is 25.5. The van der Waals surface area contributed by atoms with Crippen LogP contribution in [-0.2, 0) is 22.6 Å². The van der Waals surface area contributed by atoms with Crippen molar-refractivity contribution in [3.8, 4) is 23.4 Å². The van der Waals surface area contributed by atoms with E-state index in [0.717, 1.165) is 11.3 Å². The lowest BCUT2D eigenvalue weighted by atomic mass is 9.99. The molecule has 0 aliphatic carbocycles.